The lowest BCUT2D eigenvalue weighted by Crippen LogP contribution is -2.10. The van der Waals surface area contributed by atoms with Crippen LogP contribution in [0.2, 0.25) is 0 Å². The number of anilines is 1. The van der Waals surface area contributed by atoms with Crippen LogP contribution in [0.3, 0.4) is 0 Å². The number of rotatable bonds is 2. The van der Waals surface area contributed by atoms with Crippen molar-refractivity contribution in [3.8, 4) is 11.4 Å². The molecule has 2 N–H and O–H groups in total. The Morgan fingerprint density at radius 3 is 2.71 bits per heavy atom. The highest BCUT2D eigenvalue weighted by atomic mass is 16.5. The number of benzene rings is 2. The van der Waals surface area contributed by atoms with Crippen LogP contribution in [0.1, 0.15) is 0 Å². The number of carbonyl (C=O) groups is 1. The first-order valence-corrected chi connectivity index (χ1v) is 6.31. The highest BCUT2D eigenvalue weighted by Crippen LogP contribution is 2.25. The second-order valence-electron chi connectivity index (χ2n) is 4.43. The van der Waals surface area contributed by atoms with Crippen LogP contribution in [0.15, 0.2) is 48.5 Å². The molecule has 0 aliphatic rings. The summed E-state index contributed by atoms with van der Waals surface area (Å²) in [6.45, 7) is 0. The quantitative estimate of drug-likeness (QED) is 0.708. The predicted octanol–water partition coefficient (Wildman–Crippen LogP) is 3.12. The Bertz CT molecular complexity index is 797. The molecule has 0 aliphatic carbocycles. The predicted molar refractivity (Wildman–Crippen MR) is 78.4 cm³/mol. The largest absolute Gasteiger partial charge is 0.453 e. The molecule has 0 aliphatic heterocycles. The summed E-state index contributed by atoms with van der Waals surface area (Å²) in [5.41, 5.74) is 2.49. The summed E-state index contributed by atoms with van der Waals surface area (Å²) in [5.74, 6) is 0.445. The fraction of sp³-hybridized carbons (Fsp3) is 0.0667. The highest BCUT2D eigenvalue weighted by Gasteiger charge is 2.12. The Hall–Kier alpha value is -3.02. The molecule has 1 heterocycles. The van der Waals surface area contributed by atoms with E-state index in [1.807, 2.05) is 30.3 Å². The first kappa shape index (κ1) is 13.0. The van der Waals surface area contributed by atoms with E-state index in [1.54, 1.807) is 18.2 Å². The zero-order valence-electron chi connectivity index (χ0n) is 11.3. The third kappa shape index (κ3) is 2.38. The molecule has 0 atom stereocenters. The van der Waals surface area contributed by atoms with Crippen molar-refractivity contribution in [2.45, 2.75) is 0 Å². The summed E-state index contributed by atoms with van der Waals surface area (Å²) in [6, 6.07) is 14.4. The van der Waals surface area contributed by atoms with E-state index in [0.717, 1.165) is 10.3 Å². The lowest BCUT2D eigenvalue weighted by atomic mass is 10.2. The van der Waals surface area contributed by atoms with Gasteiger partial charge in [-0.05, 0) is 18.2 Å². The Labute approximate surface area is 120 Å². The van der Waals surface area contributed by atoms with Crippen molar-refractivity contribution in [3.63, 3.8) is 0 Å². The molecule has 21 heavy (non-hydrogen) atoms. The van der Waals surface area contributed by atoms with Gasteiger partial charge in [-0.2, -0.15) is 4.73 Å². The number of ether oxygens (including phenoxy) is 1. The van der Waals surface area contributed by atoms with Gasteiger partial charge in [-0.1, -0.05) is 30.3 Å². The fourth-order valence-corrected chi connectivity index (χ4v) is 2.09. The standard InChI is InChI=1S/C15H13N3O3/c1-21-15(19)16-11-7-8-13-12(9-11)17-14(18(13)20)10-5-3-2-4-6-10/h2-9,20H,1H3,(H,16,19). The van der Waals surface area contributed by atoms with Crippen LogP contribution < -0.4 is 5.32 Å². The van der Waals surface area contributed by atoms with E-state index in [9.17, 15) is 10.0 Å². The fourth-order valence-electron chi connectivity index (χ4n) is 2.09. The first-order valence-electron chi connectivity index (χ1n) is 6.31. The van der Waals surface area contributed by atoms with Crippen molar-refractivity contribution in [1.82, 2.24) is 9.71 Å². The van der Waals surface area contributed by atoms with Gasteiger partial charge < -0.3 is 9.94 Å². The number of aromatic nitrogens is 2. The minimum atomic E-state index is -0.555. The molecule has 6 heteroatoms. The van der Waals surface area contributed by atoms with Crippen LogP contribution in [0.25, 0.3) is 22.4 Å². The van der Waals surface area contributed by atoms with Crippen molar-refractivity contribution in [1.29, 1.82) is 0 Å². The van der Waals surface area contributed by atoms with Crippen molar-refractivity contribution in [2.75, 3.05) is 12.4 Å². The zero-order chi connectivity index (χ0) is 14.8. The van der Waals surface area contributed by atoms with E-state index in [2.05, 4.69) is 15.0 Å². The second-order valence-corrected chi connectivity index (χ2v) is 4.43. The molecule has 0 unspecified atom stereocenters. The lowest BCUT2D eigenvalue weighted by Gasteiger charge is -2.03. The van der Waals surface area contributed by atoms with Crippen LogP contribution in [0, 0.1) is 0 Å². The third-order valence-electron chi connectivity index (χ3n) is 3.09. The summed E-state index contributed by atoms with van der Waals surface area (Å²) < 4.78 is 5.57. The minimum absolute atomic E-state index is 0.445. The minimum Gasteiger partial charge on any atom is -0.453 e. The highest BCUT2D eigenvalue weighted by molar-refractivity contribution is 5.89. The first-order chi connectivity index (χ1) is 10.2. The van der Waals surface area contributed by atoms with E-state index >= 15 is 0 Å². The van der Waals surface area contributed by atoms with Crippen molar-refractivity contribution < 1.29 is 14.7 Å². The molecule has 0 spiro atoms. The number of carbonyl (C=O) groups excluding carboxylic acids is 1. The molecule has 3 aromatic rings. The van der Waals surface area contributed by atoms with Gasteiger partial charge >= 0.3 is 6.09 Å². The van der Waals surface area contributed by atoms with E-state index in [0.29, 0.717) is 22.5 Å². The van der Waals surface area contributed by atoms with Gasteiger partial charge in [0.25, 0.3) is 0 Å². The maximum atomic E-state index is 11.2. The van der Waals surface area contributed by atoms with Crippen LogP contribution in [-0.2, 0) is 4.74 Å². The normalized spacial score (nSPS) is 10.5. The maximum Gasteiger partial charge on any atom is 0.411 e. The summed E-state index contributed by atoms with van der Waals surface area (Å²) in [6.07, 6.45) is -0.555. The summed E-state index contributed by atoms with van der Waals surface area (Å²) in [4.78, 5) is 15.6. The number of nitrogens with zero attached hydrogens (tertiary/aromatic N) is 2. The van der Waals surface area contributed by atoms with E-state index in [1.165, 1.54) is 7.11 Å². The van der Waals surface area contributed by atoms with Crippen LogP contribution in [0.4, 0.5) is 10.5 Å². The molecular formula is C15H13N3O3. The molecule has 3 rings (SSSR count). The second kappa shape index (κ2) is 5.16. The molecule has 0 fully saturated rings. The maximum absolute atomic E-state index is 11.2. The van der Waals surface area contributed by atoms with Gasteiger partial charge in [0.1, 0.15) is 5.52 Å². The molecule has 1 aromatic heterocycles. The van der Waals surface area contributed by atoms with Crippen LogP contribution >= 0.6 is 0 Å². The number of fused-ring (bicyclic) bond motifs is 1. The number of methoxy groups -OCH3 is 1. The molecule has 2 aromatic carbocycles. The molecule has 106 valence electrons. The Balaban J connectivity index is 2.06. The molecule has 1 amide bonds. The molecule has 0 radical (unpaired) electrons. The van der Waals surface area contributed by atoms with Gasteiger partial charge in [0.15, 0.2) is 5.82 Å². The molecule has 0 saturated carbocycles. The third-order valence-corrected chi connectivity index (χ3v) is 3.09. The van der Waals surface area contributed by atoms with Gasteiger partial charge in [-0.15, -0.1) is 0 Å². The number of amides is 1. The average Bonchev–Trinajstić information content (AvgIpc) is 2.84. The monoisotopic (exact) mass is 283 g/mol. The van der Waals surface area contributed by atoms with Gasteiger partial charge in [0.2, 0.25) is 0 Å². The van der Waals surface area contributed by atoms with Crippen molar-refractivity contribution >= 4 is 22.8 Å². The SMILES string of the molecule is COC(=O)Nc1ccc2c(c1)nc(-c1ccccc1)n2O. The number of nitrogens with one attached hydrogen (secondary N) is 1. The Morgan fingerprint density at radius 1 is 1.24 bits per heavy atom. The zero-order valence-corrected chi connectivity index (χ0v) is 11.3. The smallest absolute Gasteiger partial charge is 0.411 e. The van der Waals surface area contributed by atoms with E-state index < -0.39 is 6.09 Å². The van der Waals surface area contributed by atoms with Gasteiger partial charge in [0, 0.05) is 11.3 Å². The van der Waals surface area contributed by atoms with Crippen LogP contribution in [-0.4, -0.2) is 28.1 Å². The molecular weight excluding hydrogens is 270 g/mol. The molecule has 6 nitrogen and oxygen atoms in total. The molecule has 0 bridgehead atoms. The topological polar surface area (TPSA) is 76.4 Å². The number of imidazole rings is 1. The van der Waals surface area contributed by atoms with Gasteiger partial charge in [-0.3, -0.25) is 5.32 Å². The summed E-state index contributed by atoms with van der Waals surface area (Å²) in [7, 11) is 1.30. The lowest BCUT2D eigenvalue weighted by molar-refractivity contribution is 0.187. The van der Waals surface area contributed by atoms with E-state index in [-0.39, 0.29) is 0 Å². The summed E-state index contributed by atoms with van der Waals surface area (Å²) >= 11 is 0. The van der Waals surface area contributed by atoms with Crippen molar-refractivity contribution in [3.05, 3.63) is 48.5 Å². The molecule has 0 saturated heterocycles. The number of hydrogen-bond acceptors (Lipinski definition) is 4. The number of hydrogen-bond donors (Lipinski definition) is 2. The Morgan fingerprint density at radius 2 is 2.00 bits per heavy atom. The van der Waals surface area contributed by atoms with Gasteiger partial charge in [-0.25, -0.2) is 9.78 Å². The Kier molecular flexibility index (Phi) is 3.19. The van der Waals surface area contributed by atoms with Gasteiger partial charge in [0.05, 0.1) is 12.6 Å². The average molecular weight is 283 g/mol. The van der Waals surface area contributed by atoms with Crippen molar-refractivity contribution in [2.24, 2.45) is 0 Å². The van der Waals surface area contributed by atoms with E-state index in [4.69, 9.17) is 0 Å². The van der Waals surface area contributed by atoms with Crippen LogP contribution in [0.5, 0.6) is 0 Å². The summed E-state index contributed by atoms with van der Waals surface area (Å²) in [5, 5.41) is 12.8.